The molecule has 1 saturated heterocycles. The van der Waals surface area contributed by atoms with Crippen molar-refractivity contribution in [1.82, 2.24) is 5.32 Å². The monoisotopic (exact) mass is 315 g/mol. The molecule has 0 bridgehead atoms. The summed E-state index contributed by atoms with van der Waals surface area (Å²) >= 11 is 0. The Balaban J connectivity index is 1.76. The zero-order chi connectivity index (χ0) is 16.4. The van der Waals surface area contributed by atoms with Crippen LogP contribution in [0.3, 0.4) is 0 Å². The molecule has 0 unspecified atom stereocenters. The summed E-state index contributed by atoms with van der Waals surface area (Å²) in [5, 5.41) is 14.2. The maximum Gasteiger partial charge on any atom is 0.123 e. The molecule has 1 aliphatic heterocycles. The van der Waals surface area contributed by atoms with Crippen LogP contribution in [-0.2, 0) is 0 Å². The lowest BCUT2D eigenvalue weighted by Crippen LogP contribution is -2.43. The van der Waals surface area contributed by atoms with Crippen molar-refractivity contribution in [3.8, 4) is 5.75 Å². The molecule has 4 heteroatoms. The molecule has 23 heavy (non-hydrogen) atoms. The standard InChI is InChI=1S/C19H22FNO2/c1-19(18(22)14-4-3-5-15(20)12-14)11-10-17(21-19)13-6-8-16(23-2)9-7-13/h3-9,12,17-18,21-22H,10-11H2,1-2H3/t17-,18-,19+/m0/s1. The number of ether oxygens (including phenoxy) is 1. The zero-order valence-electron chi connectivity index (χ0n) is 13.4. The molecule has 122 valence electrons. The van der Waals surface area contributed by atoms with Gasteiger partial charge in [-0.15, -0.1) is 0 Å². The molecular weight excluding hydrogens is 293 g/mol. The Labute approximate surface area is 136 Å². The van der Waals surface area contributed by atoms with Crippen molar-refractivity contribution in [1.29, 1.82) is 0 Å². The van der Waals surface area contributed by atoms with E-state index in [1.807, 2.05) is 31.2 Å². The number of halogens is 1. The van der Waals surface area contributed by atoms with Crippen LogP contribution in [0.4, 0.5) is 4.39 Å². The fourth-order valence-electron chi connectivity index (χ4n) is 3.33. The second-order valence-corrected chi connectivity index (χ2v) is 6.38. The Morgan fingerprint density at radius 2 is 2.00 bits per heavy atom. The van der Waals surface area contributed by atoms with Crippen LogP contribution in [0.1, 0.15) is 43.0 Å². The fourth-order valence-corrected chi connectivity index (χ4v) is 3.33. The van der Waals surface area contributed by atoms with Gasteiger partial charge >= 0.3 is 0 Å². The molecule has 2 N–H and O–H groups in total. The van der Waals surface area contributed by atoms with Crippen LogP contribution in [0.25, 0.3) is 0 Å². The van der Waals surface area contributed by atoms with Crippen molar-refractivity contribution >= 4 is 0 Å². The van der Waals surface area contributed by atoms with E-state index in [2.05, 4.69) is 5.32 Å². The molecule has 0 spiro atoms. The lowest BCUT2D eigenvalue weighted by Gasteiger charge is -2.32. The highest BCUT2D eigenvalue weighted by Crippen LogP contribution is 2.40. The first-order valence-corrected chi connectivity index (χ1v) is 7.87. The Hall–Kier alpha value is -1.91. The first-order chi connectivity index (χ1) is 11.0. The van der Waals surface area contributed by atoms with Crippen molar-refractivity contribution < 1.29 is 14.2 Å². The molecule has 0 radical (unpaired) electrons. The van der Waals surface area contributed by atoms with E-state index in [1.165, 1.54) is 17.7 Å². The maximum atomic E-state index is 13.4. The fraction of sp³-hybridized carbons (Fsp3) is 0.368. The summed E-state index contributed by atoms with van der Waals surface area (Å²) in [5.41, 5.74) is 1.30. The van der Waals surface area contributed by atoms with E-state index < -0.39 is 11.6 Å². The minimum atomic E-state index is -0.749. The second-order valence-electron chi connectivity index (χ2n) is 6.38. The van der Waals surface area contributed by atoms with Crippen molar-refractivity contribution in [3.63, 3.8) is 0 Å². The number of rotatable bonds is 4. The van der Waals surface area contributed by atoms with Gasteiger partial charge in [0.1, 0.15) is 11.6 Å². The minimum absolute atomic E-state index is 0.175. The molecule has 1 heterocycles. The number of hydrogen-bond acceptors (Lipinski definition) is 3. The zero-order valence-corrected chi connectivity index (χ0v) is 13.4. The quantitative estimate of drug-likeness (QED) is 0.903. The third-order valence-corrected chi connectivity index (χ3v) is 4.74. The van der Waals surface area contributed by atoms with Gasteiger partial charge < -0.3 is 15.2 Å². The Kier molecular flexibility index (Phi) is 4.37. The van der Waals surface area contributed by atoms with E-state index in [9.17, 15) is 9.50 Å². The normalized spacial score (nSPS) is 25.3. The molecule has 3 nitrogen and oxygen atoms in total. The molecule has 1 fully saturated rings. The van der Waals surface area contributed by atoms with E-state index in [-0.39, 0.29) is 11.9 Å². The van der Waals surface area contributed by atoms with Gasteiger partial charge in [0.15, 0.2) is 0 Å². The van der Waals surface area contributed by atoms with Gasteiger partial charge in [-0.3, -0.25) is 0 Å². The van der Waals surface area contributed by atoms with Crippen molar-refractivity contribution in [2.24, 2.45) is 0 Å². The van der Waals surface area contributed by atoms with E-state index in [0.29, 0.717) is 5.56 Å². The SMILES string of the molecule is COc1ccc([C@@H]2CC[C@](C)([C@@H](O)c3cccc(F)c3)N2)cc1. The molecule has 2 aromatic carbocycles. The van der Waals surface area contributed by atoms with E-state index >= 15 is 0 Å². The van der Waals surface area contributed by atoms with Crippen molar-refractivity contribution in [2.75, 3.05) is 7.11 Å². The summed E-state index contributed by atoms with van der Waals surface area (Å²) in [7, 11) is 1.65. The summed E-state index contributed by atoms with van der Waals surface area (Å²) in [6.07, 6.45) is 0.998. The highest BCUT2D eigenvalue weighted by atomic mass is 19.1. The van der Waals surface area contributed by atoms with Gasteiger partial charge in [-0.25, -0.2) is 4.39 Å². The highest BCUT2D eigenvalue weighted by molar-refractivity contribution is 5.31. The third kappa shape index (κ3) is 3.23. The van der Waals surface area contributed by atoms with Crippen LogP contribution in [0.5, 0.6) is 5.75 Å². The first-order valence-electron chi connectivity index (χ1n) is 7.87. The molecule has 3 atom stereocenters. The van der Waals surface area contributed by atoms with Crippen molar-refractivity contribution in [2.45, 2.75) is 37.5 Å². The summed E-state index contributed by atoms with van der Waals surface area (Å²) in [5.74, 6) is 0.504. The summed E-state index contributed by atoms with van der Waals surface area (Å²) in [6.45, 7) is 1.99. The lowest BCUT2D eigenvalue weighted by atomic mass is 9.88. The van der Waals surface area contributed by atoms with Gasteiger partial charge in [-0.05, 0) is 55.2 Å². The van der Waals surface area contributed by atoms with Gasteiger partial charge in [0.05, 0.1) is 13.2 Å². The highest BCUT2D eigenvalue weighted by Gasteiger charge is 2.41. The molecule has 0 amide bonds. The summed E-state index contributed by atoms with van der Waals surface area (Å²) < 4.78 is 18.6. The van der Waals surface area contributed by atoms with Gasteiger partial charge in [0.25, 0.3) is 0 Å². The number of aliphatic hydroxyl groups excluding tert-OH is 1. The predicted octanol–water partition coefficient (Wildman–Crippen LogP) is 3.75. The molecule has 1 aliphatic rings. The van der Waals surface area contributed by atoms with Gasteiger partial charge in [0.2, 0.25) is 0 Å². The van der Waals surface area contributed by atoms with Crippen LogP contribution >= 0.6 is 0 Å². The van der Waals surface area contributed by atoms with E-state index in [1.54, 1.807) is 19.2 Å². The van der Waals surface area contributed by atoms with Crippen LogP contribution in [-0.4, -0.2) is 17.8 Å². The summed E-state index contributed by atoms with van der Waals surface area (Å²) in [6, 6.07) is 14.3. The van der Waals surface area contributed by atoms with Crippen molar-refractivity contribution in [3.05, 3.63) is 65.5 Å². The molecular formula is C19H22FNO2. The molecule has 2 aromatic rings. The third-order valence-electron chi connectivity index (χ3n) is 4.74. The van der Waals surface area contributed by atoms with Crippen LogP contribution in [0, 0.1) is 5.82 Å². The topological polar surface area (TPSA) is 41.5 Å². The van der Waals surface area contributed by atoms with Gasteiger partial charge in [0, 0.05) is 11.6 Å². The number of aliphatic hydroxyl groups is 1. The van der Waals surface area contributed by atoms with E-state index in [0.717, 1.165) is 18.6 Å². The Morgan fingerprint density at radius 3 is 2.65 bits per heavy atom. The second kappa shape index (κ2) is 6.30. The van der Waals surface area contributed by atoms with Gasteiger partial charge in [-0.2, -0.15) is 0 Å². The van der Waals surface area contributed by atoms with Crippen LogP contribution in [0.2, 0.25) is 0 Å². The number of nitrogens with one attached hydrogen (secondary N) is 1. The molecule has 0 aliphatic carbocycles. The first kappa shape index (κ1) is 16.0. The van der Waals surface area contributed by atoms with Crippen LogP contribution < -0.4 is 10.1 Å². The average molecular weight is 315 g/mol. The smallest absolute Gasteiger partial charge is 0.123 e. The van der Waals surface area contributed by atoms with Gasteiger partial charge in [-0.1, -0.05) is 24.3 Å². The minimum Gasteiger partial charge on any atom is -0.497 e. The van der Waals surface area contributed by atoms with Crippen LogP contribution in [0.15, 0.2) is 48.5 Å². The molecule has 0 saturated carbocycles. The molecule has 0 aromatic heterocycles. The van der Waals surface area contributed by atoms with E-state index in [4.69, 9.17) is 4.74 Å². The lowest BCUT2D eigenvalue weighted by molar-refractivity contribution is 0.0782. The Morgan fingerprint density at radius 1 is 1.26 bits per heavy atom. The number of hydrogen-bond donors (Lipinski definition) is 2. The largest absolute Gasteiger partial charge is 0.497 e. The number of benzene rings is 2. The number of methoxy groups -OCH3 is 1. The average Bonchev–Trinajstić information content (AvgIpc) is 2.98. The predicted molar refractivity (Wildman–Crippen MR) is 87.9 cm³/mol. The molecule has 3 rings (SSSR count). The maximum absolute atomic E-state index is 13.4. The Bertz CT molecular complexity index is 673. The summed E-state index contributed by atoms with van der Waals surface area (Å²) in [4.78, 5) is 0.